The number of ether oxygens (including phenoxy) is 1. The number of thioether (sulfide) groups is 1. The van der Waals surface area contributed by atoms with E-state index in [1.807, 2.05) is 24.3 Å². The van der Waals surface area contributed by atoms with Crippen LogP contribution < -0.4 is 5.32 Å². The highest BCUT2D eigenvalue weighted by molar-refractivity contribution is 8.00. The van der Waals surface area contributed by atoms with Gasteiger partial charge in [0.25, 0.3) is 5.91 Å². The summed E-state index contributed by atoms with van der Waals surface area (Å²) in [5.41, 5.74) is 0.409. The average molecular weight is 383 g/mol. The molecule has 2 fully saturated rings. The fourth-order valence-corrected chi connectivity index (χ4v) is 5.52. The van der Waals surface area contributed by atoms with Crippen LogP contribution >= 0.6 is 11.8 Å². The number of benzene rings is 2. The molecule has 1 amide bonds. The van der Waals surface area contributed by atoms with Gasteiger partial charge in [-0.1, -0.05) is 36.4 Å². The summed E-state index contributed by atoms with van der Waals surface area (Å²) in [5, 5.41) is 13.7. The first-order chi connectivity index (χ1) is 13.1. The van der Waals surface area contributed by atoms with Gasteiger partial charge in [-0.2, -0.15) is 0 Å². The Kier molecular flexibility index (Phi) is 4.93. The van der Waals surface area contributed by atoms with Crippen molar-refractivity contribution in [3.8, 4) is 0 Å². The number of aliphatic hydroxyl groups is 1. The Morgan fingerprint density at radius 3 is 2.33 bits per heavy atom. The number of hydrogen-bond acceptors (Lipinski definition) is 5. The van der Waals surface area contributed by atoms with Gasteiger partial charge >= 0.3 is 5.97 Å². The first-order valence-corrected chi connectivity index (χ1v) is 10.1. The van der Waals surface area contributed by atoms with Crippen LogP contribution in [0.5, 0.6) is 0 Å². The molecule has 1 saturated carbocycles. The first-order valence-electron chi connectivity index (χ1n) is 9.02. The van der Waals surface area contributed by atoms with Crippen molar-refractivity contribution in [3.63, 3.8) is 0 Å². The minimum Gasteiger partial charge on any atom is -0.457 e. The van der Waals surface area contributed by atoms with E-state index in [9.17, 15) is 14.7 Å². The maximum Gasteiger partial charge on any atom is 0.338 e. The molecule has 2 N–H and O–H groups in total. The van der Waals surface area contributed by atoms with Gasteiger partial charge in [-0.15, -0.1) is 11.8 Å². The first kappa shape index (κ1) is 18.1. The molecule has 0 aromatic heterocycles. The molecule has 4 atom stereocenters. The highest BCUT2D eigenvalue weighted by Crippen LogP contribution is 2.46. The van der Waals surface area contributed by atoms with E-state index in [1.165, 1.54) is 0 Å². The Bertz CT molecular complexity index is 829. The number of hydrogen-bond donors (Lipinski definition) is 2. The van der Waals surface area contributed by atoms with Crippen LogP contribution in [0.4, 0.5) is 0 Å². The van der Waals surface area contributed by atoms with E-state index in [0.717, 1.165) is 0 Å². The van der Waals surface area contributed by atoms with Crippen molar-refractivity contribution in [1.29, 1.82) is 0 Å². The molecular weight excluding hydrogens is 362 g/mol. The zero-order valence-electron chi connectivity index (χ0n) is 14.7. The van der Waals surface area contributed by atoms with Crippen molar-refractivity contribution in [1.82, 2.24) is 5.32 Å². The van der Waals surface area contributed by atoms with Crippen molar-refractivity contribution < 1.29 is 19.4 Å². The standard InChI is InChI=1S/C21H21NO4S/c23-18-17-16(26-20(25)15-9-5-2-6-10-15)11-12-21(18,13-27-17)22-19(24)14-7-3-1-4-8-14/h1-10,16-18,23H,11-13H2,(H,22,24)/t16-,17-,18+,21+/m0/s1. The Balaban J connectivity index is 1.44. The number of fused-ring (bicyclic) bond motifs is 2. The van der Waals surface area contributed by atoms with Gasteiger partial charge in [0.05, 0.1) is 22.5 Å². The summed E-state index contributed by atoms with van der Waals surface area (Å²) in [7, 11) is 0. The summed E-state index contributed by atoms with van der Waals surface area (Å²) >= 11 is 1.56. The molecule has 4 rings (SSSR count). The van der Waals surface area contributed by atoms with Crippen LogP contribution in [0.15, 0.2) is 60.7 Å². The normalized spacial score (nSPS) is 29.1. The van der Waals surface area contributed by atoms with E-state index in [-0.39, 0.29) is 23.2 Å². The largest absolute Gasteiger partial charge is 0.457 e. The molecule has 0 unspecified atom stereocenters. The van der Waals surface area contributed by atoms with Gasteiger partial charge in [0.2, 0.25) is 0 Å². The van der Waals surface area contributed by atoms with Crippen molar-refractivity contribution in [2.45, 2.75) is 35.8 Å². The maximum atomic E-state index is 12.6. The Morgan fingerprint density at radius 1 is 1.04 bits per heavy atom. The van der Waals surface area contributed by atoms with Gasteiger partial charge in [-0.05, 0) is 37.1 Å². The van der Waals surface area contributed by atoms with Gasteiger partial charge in [0.15, 0.2) is 0 Å². The minimum absolute atomic E-state index is 0.185. The van der Waals surface area contributed by atoms with Crippen molar-refractivity contribution in [2.75, 3.05) is 5.75 Å². The molecule has 1 aliphatic carbocycles. The van der Waals surface area contributed by atoms with Crippen LogP contribution in [0.3, 0.4) is 0 Å². The summed E-state index contributed by atoms with van der Waals surface area (Å²) in [6.45, 7) is 0. The predicted octanol–water partition coefficient (Wildman–Crippen LogP) is 2.65. The molecule has 0 spiro atoms. The number of nitrogens with one attached hydrogen (secondary N) is 1. The third-order valence-electron chi connectivity index (χ3n) is 5.32. The summed E-state index contributed by atoms with van der Waals surface area (Å²) in [5.74, 6) is 0.0494. The van der Waals surface area contributed by atoms with Crippen molar-refractivity contribution >= 4 is 23.6 Å². The van der Waals surface area contributed by atoms with Gasteiger partial charge in [0, 0.05) is 11.3 Å². The Morgan fingerprint density at radius 2 is 1.67 bits per heavy atom. The quantitative estimate of drug-likeness (QED) is 0.794. The van der Waals surface area contributed by atoms with E-state index < -0.39 is 11.6 Å². The molecule has 2 aromatic carbocycles. The van der Waals surface area contributed by atoms with Crippen LogP contribution in [-0.4, -0.2) is 45.7 Å². The molecule has 2 aromatic rings. The fourth-order valence-electron chi connectivity index (χ4n) is 3.80. The second kappa shape index (κ2) is 7.37. The Labute approximate surface area is 162 Å². The lowest BCUT2D eigenvalue weighted by molar-refractivity contribution is -0.0227. The lowest BCUT2D eigenvalue weighted by atomic mass is 9.79. The number of rotatable bonds is 4. The van der Waals surface area contributed by atoms with E-state index in [2.05, 4.69) is 5.32 Å². The van der Waals surface area contributed by atoms with Crippen molar-refractivity contribution in [3.05, 3.63) is 71.8 Å². The van der Waals surface area contributed by atoms with Gasteiger partial charge < -0.3 is 15.2 Å². The second-order valence-electron chi connectivity index (χ2n) is 7.05. The van der Waals surface area contributed by atoms with Crippen molar-refractivity contribution in [2.24, 2.45) is 0 Å². The monoisotopic (exact) mass is 383 g/mol. The minimum atomic E-state index is -0.752. The third kappa shape index (κ3) is 3.47. The molecule has 5 nitrogen and oxygen atoms in total. The number of amides is 1. The molecule has 2 bridgehead atoms. The number of esters is 1. The van der Waals surface area contributed by atoms with Gasteiger partial charge in [-0.25, -0.2) is 4.79 Å². The SMILES string of the molecule is O=C(N[C@]12CC[C@H](OC(=O)c3ccccc3)[C@H](SC1)[C@H]2O)c1ccccc1. The van der Waals surface area contributed by atoms with Crippen LogP contribution in [-0.2, 0) is 4.74 Å². The summed E-state index contributed by atoms with van der Waals surface area (Å²) in [6.07, 6.45) is 0.0742. The lowest BCUT2D eigenvalue weighted by Gasteiger charge is -2.40. The number of aliphatic hydroxyl groups excluding tert-OH is 1. The van der Waals surface area contributed by atoms with Crippen LogP contribution in [0, 0.1) is 0 Å². The molecular formula is C21H21NO4S. The number of carbonyl (C=O) groups is 2. The highest BCUT2D eigenvalue weighted by Gasteiger charge is 2.56. The van der Waals surface area contributed by atoms with E-state index in [4.69, 9.17) is 4.74 Å². The molecule has 27 heavy (non-hydrogen) atoms. The zero-order valence-corrected chi connectivity index (χ0v) is 15.5. The smallest absolute Gasteiger partial charge is 0.338 e. The van der Waals surface area contributed by atoms with Crippen LogP contribution in [0.25, 0.3) is 0 Å². The topological polar surface area (TPSA) is 75.6 Å². The molecule has 6 heteroatoms. The zero-order chi connectivity index (χ0) is 18.9. The number of carbonyl (C=O) groups excluding carboxylic acids is 2. The fraction of sp³-hybridized carbons (Fsp3) is 0.333. The summed E-state index contributed by atoms with van der Waals surface area (Å²) < 4.78 is 5.68. The second-order valence-corrected chi connectivity index (χ2v) is 8.21. The van der Waals surface area contributed by atoms with E-state index in [0.29, 0.717) is 29.7 Å². The van der Waals surface area contributed by atoms with Gasteiger partial charge in [0.1, 0.15) is 6.10 Å². The molecule has 0 radical (unpaired) electrons. The average Bonchev–Trinajstić information content (AvgIpc) is 2.90. The Hall–Kier alpha value is -2.31. The van der Waals surface area contributed by atoms with Crippen LogP contribution in [0.1, 0.15) is 33.6 Å². The maximum absolute atomic E-state index is 12.6. The summed E-state index contributed by atoms with van der Waals surface area (Å²) in [6, 6.07) is 17.9. The molecule has 1 aliphatic heterocycles. The van der Waals surface area contributed by atoms with E-state index in [1.54, 1.807) is 48.2 Å². The summed E-state index contributed by atoms with van der Waals surface area (Å²) in [4.78, 5) is 24.9. The highest BCUT2D eigenvalue weighted by atomic mass is 32.2. The molecule has 2 aliphatic rings. The third-order valence-corrected chi connectivity index (χ3v) is 6.95. The molecule has 1 heterocycles. The molecule has 140 valence electrons. The van der Waals surface area contributed by atoms with Gasteiger partial charge in [-0.3, -0.25) is 4.79 Å². The predicted molar refractivity (Wildman–Crippen MR) is 104 cm³/mol. The lowest BCUT2D eigenvalue weighted by Crippen LogP contribution is -2.61. The van der Waals surface area contributed by atoms with E-state index >= 15 is 0 Å². The van der Waals surface area contributed by atoms with Crippen LogP contribution in [0.2, 0.25) is 0 Å². The molecule has 1 saturated heterocycles.